The molecule has 1 unspecified atom stereocenters. The molecule has 3 atom stereocenters. The number of alkyl halides is 2. The largest absolute Gasteiger partial charge is 0.486 e. The fourth-order valence-electron chi connectivity index (χ4n) is 3.43. The fourth-order valence-corrected chi connectivity index (χ4v) is 3.43. The van der Waals surface area contributed by atoms with Gasteiger partial charge in [0.25, 0.3) is 5.91 Å². The van der Waals surface area contributed by atoms with Crippen molar-refractivity contribution >= 4 is 11.7 Å². The summed E-state index contributed by atoms with van der Waals surface area (Å²) in [5, 5.41) is 20.9. The molecule has 2 aliphatic heterocycles. The lowest BCUT2D eigenvalue weighted by Crippen LogP contribution is -2.41. The lowest BCUT2D eigenvalue weighted by Gasteiger charge is -2.21. The van der Waals surface area contributed by atoms with E-state index in [9.17, 15) is 27.9 Å². The van der Waals surface area contributed by atoms with Gasteiger partial charge >= 0.3 is 11.6 Å². The number of carbonyl (C=O) groups is 1. The first-order chi connectivity index (χ1) is 15.2. The Morgan fingerprint density at radius 3 is 2.75 bits per heavy atom. The lowest BCUT2D eigenvalue weighted by atomic mass is 10.1. The third kappa shape index (κ3) is 3.78. The standard InChI is InChI=1S/C19H18F3N3O7/c20-13-9(1-2-10-14(13)31-8-7-30-10)16(28)23-12-3-5-25(18(29)24-12)17-19(21,22)15(27)11(32-17)4-6-26/h1-3,5,11,15,17,26-27H,4,6-8H2,(H,23,24,28,29)/t11-,15-,17?/m1/s1. The van der Waals surface area contributed by atoms with Gasteiger partial charge in [-0.3, -0.25) is 9.36 Å². The molecule has 10 nitrogen and oxygen atoms in total. The van der Waals surface area contributed by atoms with Gasteiger partial charge in [-0.15, -0.1) is 0 Å². The third-order valence-corrected chi connectivity index (χ3v) is 5.01. The van der Waals surface area contributed by atoms with E-state index in [0.717, 1.165) is 18.3 Å². The zero-order chi connectivity index (χ0) is 23.0. The molecule has 0 spiro atoms. The van der Waals surface area contributed by atoms with E-state index in [2.05, 4.69) is 10.3 Å². The second-order valence-electron chi connectivity index (χ2n) is 7.07. The van der Waals surface area contributed by atoms with Crippen molar-refractivity contribution in [2.45, 2.75) is 30.8 Å². The minimum atomic E-state index is -3.83. The van der Waals surface area contributed by atoms with Crippen LogP contribution in [-0.2, 0) is 4.74 Å². The Labute approximate surface area is 178 Å². The minimum absolute atomic E-state index is 0.108. The molecule has 1 aromatic carbocycles. The number of nitrogens with zero attached hydrogens (tertiary/aromatic N) is 2. The molecule has 0 saturated carbocycles. The number of anilines is 1. The number of aliphatic hydroxyl groups excluding tert-OH is 2. The Morgan fingerprint density at radius 2 is 2.03 bits per heavy atom. The number of aromatic nitrogens is 2. The summed E-state index contributed by atoms with van der Waals surface area (Å²) >= 11 is 0. The number of halogens is 3. The normalized spacial score (nSPS) is 23.7. The van der Waals surface area contributed by atoms with Crippen LogP contribution >= 0.6 is 0 Å². The van der Waals surface area contributed by atoms with Crippen LogP contribution in [0, 0.1) is 5.82 Å². The SMILES string of the molecule is O=C(Nc1ccn(C2O[C@H](CCO)[C@@H](O)C2(F)F)c(=O)n1)c1ccc2c(c1F)OCCO2. The summed E-state index contributed by atoms with van der Waals surface area (Å²) in [5.74, 6) is -6.14. The van der Waals surface area contributed by atoms with Crippen LogP contribution in [0.4, 0.5) is 19.0 Å². The van der Waals surface area contributed by atoms with Gasteiger partial charge in [-0.05, 0) is 24.6 Å². The van der Waals surface area contributed by atoms with E-state index >= 15 is 0 Å². The molecular formula is C19H18F3N3O7. The van der Waals surface area contributed by atoms with Crippen molar-refractivity contribution in [1.29, 1.82) is 0 Å². The molecule has 0 radical (unpaired) electrons. The molecule has 4 rings (SSSR count). The predicted molar refractivity (Wildman–Crippen MR) is 100 cm³/mol. The smallest absolute Gasteiger partial charge is 0.351 e. The van der Waals surface area contributed by atoms with Crippen LogP contribution in [0.15, 0.2) is 29.2 Å². The molecular weight excluding hydrogens is 439 g/mol. The molecule has 13 heteroatoms. The maximum atomic E-state index is 14.6. The zero-order valence-electron chi connectivity index (χ0n) is 16.3. The third-order valence-electron chi connectivity index (χ3n) is 5.01. The van der Waals surface area contributed by atoms with Gasteiger partial charge < -0.3 is 29.7 Å². The second-order valence-corrected chi connectivity index (χ2v) is 7.07. The summed E-state index contributed by atoms with van der Waals surface area (Å²) in [7, 11) is 0. The molecule has 2 aromatic rings. The molecule has 32 heavy (non-hydrogen) atoms. The van der Waals surface area contributed by atoms with Crippen molar-refractivity contribution in [2.75, 3.05) is 25.1 Å². The molecule has 1 fully saturated rings. The molecule has 1 aromatic heterocycles. The Balaban J connectivity index is 1.54. The molecule has 2 aliphatic rings. The van der Waals surface area contributed by atoms with E-state index in [-0.39, 0.29) is 37.0 Å². The van der Waals surface area contributed by atoms with Gasteiger partial charge in [0, 0.05) is 12.8 Å². The van der Waals surface area contributed by atoms with Crippen LogP contribution in [0.5, 0.6) is 11.5 Å². The lowest BCUT2D eigenvalue weighted by molar-refractivity contribution is -0.140. The highest BCUT2D eigenvalue weighted by Gasteiger charge is 2.59. The molecule has 0 aliphatic carbocycles. The first kappa shape index (κ1) is 22.0. The van der Waals surface area contributed by atoms with Crippen LogP contribution in [0.3, 0.4) is 0 Å². The number of hydrogen-bond donors (Lipinski definition) is 3. The van der Waals surface area contributed by atoms with E-state index in [1.807, 2.05) is 0 Å². The number of ether oxygens (including phenoxy) is 3. The average molecular weight is 457 g/mol. The number of fused-ring (bicyclic) bond motifs is 1. The quantitative estimate of drug-likeness (QED) is 0.598. The summed E-state index contributed by atoms with van der Waals surface area (Å²) in [6.45, 7) is -0.157. The summed E-state index contributed by atoms with van der Waals surface area (Å²) in [4.78, 5) is 28.3. The van der Waals surface area contributed by atoms with Crippen molar-refractivity contribution in [3.05, 3.63) is 46.3 Å². The summed E-state index contributed by atoms with van der Waals surface area (Å²) in [6.07, 6.45) is -5.13. The van der Waals surface area contributed by atoms with Crippen molar-refractivity contribution in [2.24, 2.45) is 0 Å². The Bertz CT molecular complexity index is 1090. The topological polar surface area (TPSA) is 132 Å². The highest BCUT2D eigenvalue weighted by Crippen LogP contribution is 2.43. The summed E-state index contributed by atoms with van der Waals surface area (Å²) in [6, 6.07) is 3.56. The molecule has 3 heterocycles. The number of rotatable bonds is 5. The van der Waals surface area contributed by atoms with Gasteiger partial charge in [-0.25, -0.2) is 9.18 Å². The molecule has 172 valence electrons. The first-order valence-corrected chi connectivity index (χ1v) is 9.55. The molecule has 0 bridgehead atoms. The van der Waals surface area contributed by atoms with Crippen LogP contribution in [0.25, 0.3) is 0 Å². The molecule has 1 amide bonds. The number of amides is 1. The predicted octanol–water partition coefficient (Wildman–Crippen LogP) is 0.682. The maximum Gasteiger partial charge on any atom is 0.351 e. The molecule has 3 N–H and O–H groups in total. The minimum Gasteiger partial charge on any atom is -0.486 e. The number of hydrogen-bond acceptors (Lipinski definition) is 8. The van der Waals surface area contributed by atoms with Gasteiger partial charge in [0.2, 0.25) is 6.23 Å². The van der Waals surface area contributed by atoms with E-state index in [0.29, 0.717) is 4.57 Å². The zero-order valence-corrected chi connectivity index (χ0v) is 16.3. The van der Waals surface area contributed by atoms with E-state index in [4.69, 9.17) is 19.3 Å². The first-order valence-electron chi connectivity index (χ1n) is 9.55. The van der Waals surface area contributed by atoms with Gasteiger partial charge in [0.15, 0.2) is 17.3 Å². The van der Waals surface area contributed by atoms with E-state index in [1.165, 1.54) is 6.07 Å². The average Bonchev–Trinajstić information content (AvgIpc) is 2.98. The Morgan fingerprint density at radius 1 is 1.28 bits per heavy atom. The van der Waals surface area contributed by atoms with Crippen molar-refractivity contribution in [1.82, 2.24) is 9.55 Å². The molecule has 1 saturated heterocycles. The fraction of sp³-hybridized carbons (Fsp3) is 0.421. The van der Waals surface area contributed by atoms with E-state index < -0.39 is 53.9 Å². The maximum absolute atomic E-state index is 14.6. The highest BCUT2D eigenvalue weighted by atomic mass is 19.3. The van der Waals surface area contributed by atoms with Crippen molar-refractivity contribution in [3.63, 3.8) is 0 Å². The van der Waals surface area contributed by atoms with Crippen molar-refractivity contribution < 1.29 is 42.4 Å². The van der Waals surface area contributed by atoms with Crippen LogP contribution < -0.4 is 20.5 Å². The van der Waals surface area contributed by atoms with Gasteiger partial charge in [0.1, 0.15) is 25.1 Å². The number of benzene rings is 1. The number of aliphatic hydroxyl groups is 2. The van der Waals surface area contributed by atoms with Crippen molar-refractivity contribution in [3.8, 4) is 11.5 Å². The van der Waals surface area contributed by atoms with Gasteiger partial charge in [-0.1, -0.05) is 0 Å². The van der Waals surface area contributed by atoms with Crippen LogP contribution in [0.2, 0.25) is 0 Å². The summed E-state index contributed by atoms with van der Waals surface area (Å²) < 4.78 is 59.3. The monoisotopic (exact) mass is 457 g/mol. The van der Waals surface area contributed by atoms with Gasteiger partial charge in [-0.2, -0.15) is 13.8 Å². The Hall–Kier alpha value is -3.16. The number of carbonyl (C=O) groups excluding carboxylic acids is 1. The van der Waals surface area contributed by atoms with Crippen LogP contribution in [0.1, 0.15) is 23.0 Å². The van der Waals surface area contributed by atoms with Gasteiger partial charge in [0.05, 0.1) is 11.7 Å². The van der Waals surface area contributed by atoms with Crippen LogP contribution in [-0.4, -0.2) is 63.6 Å². The number of nitrogens with one attached hydrogen (secondary N) is 1. The second kappa shape index (κ2) is 8.41. The highest BCUT2D eigenvalue weighted by molar-refractivity contribution is 6.04. The summed E-state index contributed by atoms with van der Waals surface area (Å²) in [5.41, 5.74) is -1.60. The Kier molecular flexibility index (Phi) is 5.79. The van der Waals surface area contributed by atoms with E-state index in [1.54, 1.807) is 0 Å².